The Bertz CT molecular complexity index is 1860. The molecule has 7 rings (SSSR count). The Morgan fingerprint density at radius 1 is 0.543 bits per heavy atom. The smallest absolute Gasteiger partial charge is 0.118 e. The molecule has 0 N–H and O–H groups in total. The second-order valence-corrected chi connectivity index (χ2v) is 9.97. The van der Waals surface area contributed by atoms with E-state index in [9.17, 15) is 0 Å². The highest BCUT2D eigenvalue weighted by atomic mass is 32.1. The van der Waals surface area contributed by atoms with Gasteiger partial charge in [-0.25, -0.2) is 0 Å². The summed E-state index contributed by atoms with van der Waals surface area (Å²) < 4.78 is 8.11. The summed E-state index contributed by atoms with van der Waals surface area (Å²) in [4.78, 5) is 0. The van der Waals surface area contributed by atoms with Gasteiger partial charge < -0.3 is 4.74 Å². The molecule has 0 radical (unpaired) electrons. The first kappa shape index (κ1) is 20.3. The summed E-state index contributed by atoms with van der Waals surface area (Å²) in [6.07, 6.45) is 0. The molecule has 1 nitrogen and oxygen atoms in total. The predicted octanol–water partition coefficient (Wildman–Crippen LogP) is 9.70. The van der Waals surface area contributed by atoms with Gasteiger partial charge in [0.15, 0.2) is 0 Å². The van der Waals surface area contributed by atoms with E-state index < -0.39 is 0 Å². The Hall–Kier alpha value is -4.14. The summed E-state index contributed by atoms with van der Waals surface area (Å²) in [5, 5.41) is 7.85. The van der Waals surface area contributed by atoms with Crippen LogP contribution in [0.5, 0.6) is 5.75 Å². The van der Waals surface area contributed by atoms with Gasteiger partial charge in [0.1, 0.15) is 5.75 Å². The van der Waals surface area contributed by atoms with Crippen LogP contribution in [0.25, 0.3) is 64.0 Å². The van der Waals surface area contributed by atoms with Crippen molar-refractivity contribution in [3.8, 4) is 28.0 Å². The monoisotopic (exact) mass is 466 g/mol. The quantitative estimate of drug-likeness (QED) is 0.236. The van der Waals surface area contributed by atoms with E-state index in [2.05, 4.69) is 103 Å². The number of rotatable bonds is 3. The topological polar surface area (TPSA) is 9.23 Å². The molecule has 166 valence electrons. The first-order valence-corrected chi connectivity index (χ1v) is 12.6. The lowest BCUT2D eigenvalue weighted by Crippen LogP contribution is -1.87. The average molecular weight is 467 g/mol. The first-order chi connectivity index (χ1) is 17.3. The summed E-state index contributed by atoms with van der Waals surface area (Å²) in [5.74, 6) is 0.872. The molecule has 0 bridgehead atoms. The lowest BCUT2D eigenvalue weighted by molar-refractivity contribution is 0.415. The van der Waals surface area contributed by atoms with Crippen LogP contribution in [0.1, 0.15) is 0 Å². The van der Waals surface area contributed by atoms with E-state index in [0.717, 1.165) is 5.75 Å². The Kier molecular flexibility index (Phi) is 4.61. The van der Waals surface area contributed by atoms with Crippen LogP contribution in [0.15, 0.2) is 115 Å². The zero-order chi connectivity index (χ0) is 23.4. The maximum absolute atomic E-state index is 5.42. The highest BCUT2D eigenvalue weighted by Gasteiger charge is 2.15. The van der Waals surface area contributed by atoms with Crippen molar-refractivity contribution >= 4 is 53.1 Å². The molecule has 0 atom stereocenters. The van der Waals surface area contributed by atoms with Crippen molar-refractivity contribution in [2.45, 2.75) is 0 Å². The zero-order valence-electron chi connectivity index (χ0n) is 19.3. The fraction of sp³-hybridized carbons (Fsp3) is 0.0303. The molecule has 0 spiro atoms. The standard InChI is InChI=1S/C33H22OS/c1-34-25-14-11-22(12-15-25)30-20-24-19-23(21-7-3-2-4-8-21)13-16-26(24)32-28(30)17-18-29-27-9-5-6-10-31(27)35-33(29)32/h2-20H,1H3. The molecule has 0 aliphatic rings. The van der Waals surface area contributed by atoms with Gasteiger partial charge in [-0.15, -0.1) is 11.3 Å². The number of ether oxygens (including phenoxy) is 1. The van der Waals surface area contributed by atoms with Gasteiger partial charge in [-0.3, -0.25) is 0 Å². The number of fused-ring (bicyclic) bond motifs is 7. The fourth-order valence-electron chi connectivity index (χ4n) is 5.24. The Balaban J connectivity index is 1.61. The van der Waals surface area contributed by atoms with Gasteiger partial charge in [-0.2, -0.15) is 0 Å². The van der Waals surface area contributed by atoms with Crippen LogP contribution in [0.2, 0.25) is 0 Å². The maximum atomic E-state index is 5.42. The summed E-state index contributed by atoms with van der Waals surface area (Å²) in [7, 11) is 1.71. The second-order valence-electron chi connectivity index (χ2n) is 8.92. The highest BCUT2D eigenvalue weighted by Crippen LogP contribution is 2.44. The first-order valence-electron chi connectivity index (χ1n) is 11.8. The Labute approximate surface area is 207 Å². The molecule has 7 aromatic rings. The molecular formula is C33H22OS. The third-order valence-electron chi connectivity index (χ3n) is 6.97. The van der Waals surface area contributed by atoms with Crippen LogP contribution < -0.4 is 4.74 Å². The van der Waals surface area contributed by atoms with Gasteiger partial charge >= 0.3 is 0 Å². The Morgan fingerprint density at radius 3 is 2.09 bits per heavy atom. The minimum absolute atomic E-state index is 0.872. The third-order valence-corrected chi connectivity index (χ3v) is 8.17. The summed E-state index contributed by atoms with van der Waals surface area (Å²) >= 11 is 1.90. The van der Waals surface area contributed by atoms with Gasteiger partial charge in [0.25, 0.3) is 0 Å². The van der Waals surface area contributed by atoms with E-state index in [-0.39, 0.29) is 0 Å². The molecule has 6 aromatic carbocycles. The lowest BCUT2D eigenvalue weighted by atomic mass is 9.91. The molecule has 0 saturated heterocycles. The SMILES string of the molecule is COc1ccc(-c2cc3cc(-c4ccccc4)ccc3c3c2ccc2c4ccccc4sc23)cc1. The molecule has 35 heavy (non-hydrogen) atoms. The van der Waals surface area contributed by atoms with Crippen molar-refractivity contribution in [3.63, 3.8) is 0 Å². The van der Waals surface area contributed by atoms with E-state index >= 15 is 0 Å². The van der Waals surface area contributed by atoms with Crippen LogP contribution >= 0.6 is 11.3 Å². The second kappa shape index (κ2) is 7.97. The minimum Gasteiger partial charge on any atom is -0.497 e. The van der Waals surface area contributed by atoms with Gasteiger partial charge in [-0.1, -0.05) is 84.9 Å². The molecule has 1 heterocycles. The minimum atomic E-state index is 0.872. The van der Waals surface area contributed by atoms with Crippen LogP contribution in [0.3, 0.4) is 0 Å². The van der Waals surface area contributed by atoms with Crippen LogP contribution in [0, 0.1) is 0 Å². The van der Waals surface area contributed by atoms with Gasteiger partial charge in [0.05, 0.1) is 7.11 Å². The van der Waals surface area contributed by atoms with Crippen molar-refractivity contribution in [3.05, 3.63) is 115 Å². The summed E-state index contributed by atoms with van der Waals surface area (Å²) in [5.41, 5.74) is 4.92. The van der Waals surface area contributed by atoms with Crippen LogP contribution in [-0.2, 0) is 0 Å². The average Bonchev–Trinajstić information content (AvgIpc) is 3.31. The molecule has 0 saturated carbocycles. The zero-order valence-corrected chi connectivity index (χ0v) is 20.1. The number of hydrogen-bond acceptors (Lipinski definition) is 2. The largest absolute Gasteiger partial charge is 0.497 e. The van der Waals surface area contributed by atoms with Gasteiger partial charge in [0.2, 0.25) is 0 Å². The molecule has 0 unspecified atom stereocenters. The normalized spacial score (nSPS) is 11.6. The highest BCUT2D eigenvalue weighted by molar-refractivity contribution is 7.26. The van der Waals surface area contributed by atoms with Gasteiger partial charge in [0, 0.05) is 25.6 Å². The van der Waals surface area contributed by atoms with Gasteiger partial charge in [-0.05, 0) is 68.7 Å². The number of benzene rings is 6. The Morgan fingerprint density at radius 2 is 1.26 bits per heavy atom. The van der Waals surface area contributed by atoms with E-state index in [1.54, 1.807) is 7.11 Å². The molecular weight excluding hydrogens is 444 g/mol. The molecule has 2 heteroatoms. The summed E-state index contributed by atoms with van der Waals surface area (Å²) in [6, 6.07) is 41.6. The fourth-order valence-corrected chi connectivity index (χ4v) is 6.51. The molecule has 0 fully saturated rings. The molecule has 0 aliphatic carbocycles. The van der Waals surface area contributed by atoms with Crippen molar-refractivity contribution in [2.75, 3.05) is 7.11 Å². The number of hydrogen-bond donors (Lipinski definition) is 0. The third kappa shape index (κ3) is 3.22. The summed E-state index contributed by atoms with van der Waals surface area (Å²) in [6.45, 7) is 0. The van der Waals surface area contributed by atoms with E-state index in [4.69, 9.17) is 4.74 Å². The van der Waals surface area contributed by atoms with Crippen LogP contribution in [0.4, 0.5) is 0 Å². The molecule has 1 aromatic heterocycles. The van der Waals surface area contributed by atoms with Crippen molar-refractivity contribution < 1.29 is 4.74 Å². The number of methoxy groups -OCH3 is 1. The van der Waals surface area contributed by atoms with E-state index in [1.807, 2.05) is 23.5 Å². The van der Waals surface area contributed by atoms with E-state index in [0.29, 0.717) is 0 Å². The molecule has 0 aliphatic heterocycles. The van der Waals surface area contributed by atoms with Crippen molar-refractivity contribution in [1.82, 2.24) is 0 Å². The van der Waals surface area contributed by atoms with Crippen LogP contribution in [-0.4, -0.2) is 7.11 Å². The van der Waals surface area contributed by atoms with E-state index in [1.165, 1.54) is 64.0 Å². The predicted molar refractivity (Wildman–Crippen MR) is 152 cm³/mol. The molecule has 0 amide bonds. The van der Waals surface area contributed by atoms with Crippen molar-refractivity contribution in [1.29, 1.82) is 0 Å². The number of thiophene rings is 1. The maximum Gasteiger partial charge on any atom is 0.118 e. The van der Waals surface area contributed by atoms with Crippen molar-refractivity contribution in [2.24, 2.45) is 0 Å². The lowest BCUT2D eigenvalue weighted by Gasteiger charge is -2.14.